The topological polar surface area (TPSA) is 138 Å². The van der Waals surface area contributed by atoms with Gasteiger partial charge in [0.1, 0.15) is 5.69 Å². The van der Waals surface area contributed by atoms with Crippen LogP contribution in [0.25, 0.3) is 33.1 Å². The molecule has 0 aliphatic heterocycles. The van der Waals surface area contributed by atoms with Gasteiger partial charge in [-0.2, -0.15) is 5.10 Å². The fourth-order valence-electron chi connectivity index (χ4n) is 4.16. The number of hydrogen-bond donors (Lipinski definition) is 4. The van der Waals surface area contributed by atoms with Gasteiger partial charge >= 0.3 is 0 Å². The van der Waals surface area contributed by atoms with Gasteiger partial charge in [0.25, 0.3) is 11.8 Å². The average Bonchev–Trinajstić information content (AvgIpc) is 3.35. The molecule has 0 unspecified atom stereocenters. The lowest BCUT2D eigenvalue weighted by molar-refractivity contribution is 0.0706. The Morgan fingerprint density at radius 2 is 1.68 bits per heavy atom. The summed E-state index contributed by atoms with van der Waals surface area (Å²) in [6.07, 6.45) is 1.44. The van der Waals surface area contributed by atoms with Gasteiger partial charge in [-0.1, -0.05) is 30.3 Å². The van der Waals surface area contributed by atoms with E-state index < -0.39 is 11.8 Å². The number of carbonyl (C=O) groups excluding carboxylic acids is 2. The minimum Gasteiger partial charge on any atom is -0.493 e. The Hall–Kier alpha value is -5.22. The molecule has 10 nitrogen and oxygen atoms in total. The SMILES string of the molecule is COc1ccc(-c2nc(C(=O)N/N=C/c3ccc(C(=O)NO)cc3)cc3c2[nH]c2ccccc23)cc1OC. The van der Waals surface area contributed by atoms with Crippen molar-refractivity contribution in [1.29, 1.82) is 0 Å². The van der Waals surface area contributed by atoms with Gasteiger partial charge in [0.15, 0.2) is 11.5 Å². The number of nitrogens with zero attached hydrogens (tertiary/aromatic N) is 2. The summed E-state index contributed by atoms with van der Waals surface area (Å²) in [4.78, 5) is 32.7. The van der Waals surface area contributed by atoms with Crippen LogP contribution in [0.15, 0.2) is 77.9 Å². The summed E-state index contributed by atoms with van der Waals surface area (Å²) >= 11 is 0. The number of amides is 2. The van der Waals surface area contributed by atoms with Gasteiger partial charge < -0.3 is 14.5 Å². The maximum atomic E-state index is 13.1. The molecule has 0 atom stereocenters. The van der Waals surface area contributed by atoms with Crippen molar-refractivity contribution in [2.75, 3.05) is 14.2 Å². The second kappa shape index (κ2) is 10.4. The number of aromatic nitrogens is 2. The number of benzene rings is 3. The number of hydrazone groups is 1. The van der Waals surface area contributed by atoms with Crippen LogP contribution in [0.2, 0.25) is 0 Å². The van der Waals surface area contributed by atoms with Gasteiger partial charge in [0, 0.05) is 27.4 Å². The molecule has 190 valence electrons. The summed E-state index contributed by atoms with van der Waals surface area (Å²) < 4.78 is 10.8. The third-order valence-corrected chi connectivity index (χ3v) is 6.04. The molecule has 2 amide bonds. The van der Waals surface area contributed by atoms with E-state index in [1.54, 1.807) is 44.0 Å². The van der Waals surface area contributed by atoms with Crippen LogP contribution in [0.1, 0.15) is 26.4 Å². The van der Waals surface area contributed by atoms with Crippen molar-refractivity contribution in [3.8, 4) is 22.8 Å². The highest BCUT2D eigenvalue weighted by atomic mass is 16.5. The molecule has 2 heterocycles. The maximum absolute atomic E-state index is 13.1. The van der Waals surface area contributed by atoms with Gasteiger partial charge in [-0.25, -0.2) is 15.9 Å². The molecule has 0 saturated carbocycles. The number of hydrogen-bond acceptors (Lipinski definition) is 7. The molecule has 5 rings (SSSR count). The smallest absolute Gasteiger partial charge is 0.289 e. The first kappa shape index (κ1) is 24.5. The minimum absolute atomic E-state index is 0.180. The molecule has 4 N–H and O–H groups in total. The second-order valence-corrected chi connectivity index (χ2v) is 8.28. The van der Waals surface area contributed by atoms with Crippen LogP contribution in [-0.2, 0) is 0 Å². The number of aromatic amines is 1. The van der Waals surface area contributed by atoms with E-state index in [-0.39, 0.29) is 11.3 Å². The predicted octanol–water partition coefficient (Wildman–Crippen LogP) is 4.28. The van der Waals surface area contributed by atoms with E-state index in [0.717, 1.165) is 27.4 Å². The Balaban J connectivity index is 1.51. The zero-order valence-electron chi connectivity index (χ0n) is 20.5. The minimum atomic E-state index is -0.620. The van der Waals surface area contributed by atoms with E-state index in [1.807, 2.05) is 36.4 Å². The number of hydroxylamine groups is 1. The zero-order chi connectivity index (χ0) is 26.6. The maximum Gasteiger partial charge on any atom is 0.289 e. The van der Waals surface area contributed by atoms with Crippen LogP contribution in [0.5, 0.6) is 11.5 Å². The number of ether oxygens (including phenoxy) is 2. The molecule has 38 heavy (non-hydrogen) atoms. The Kier molecular flexibility index (Phi) is 6.70. The largest absolute Gasteiger partial charge is 0.493 e. The van der Waals surface area contributed by atoms with Crippen LogP contribution >= 0.6 is 0 Å². The first-order valence-electron chi connectivity index (χ1n) is 11.5. The van der Waals surface area contributed by atoms with Crippen LogP contribution in [0.3, 0.4) is 0 Å². The number of nitrogens with one attached hydrogen (secondary N) is 3. The molecule has 0 bridgehead atoms. The van der Waals surface area contributed by atoms with Crippen molar-refractivity contribution < 1.29 is 24.3 Å². The third kappa shape index (κ3) is 4.63. The van der Waals surface area contributed by atoms with Crippen molar-refractivity contribution in [1.82, 2.24) is 20.9 Å². The number of H-pyrrole nitrogens is 1. The van der Waals surface area contributed by atoms with Crippen LogP contribution in [-0.4, -0.2) is 47.4 Å². The molecule has 0 fully saturated rings. The summed E-state index contributed by atoms with van der Waals surface area (Å²) in [5, 5.41) is 14.6. The third-order valence-electron chi connectivity index (χ3n) is 6.04. The molecular weight excluding hydrogens is 486 g/mol. The summed E-state index contributed by atoms with van der Waals surface area (Å²) in [6.45, 7) is 0. The lowest BCUT2D eigenvalue weighted by atomic mass is 10.1. The molecule has 10 heteroatoms. The van der Waals surface area contributed by atoms with E-state index in [1.165, 1.54) is 18.3 Å². The van der Waals surface area contributed by atoms with Crippen LogP contribution in [0.4, 0.5) is 0 Å². The molecule has 0 saturated heterocycles. The molecule has 3 aromatic carbocycles. The van der Waals surface area contributed by atoms with Crippen molar-refractivity contribution in [2.24, 2.45) is 5.10 Å². The molecule has 0 aliphatic carbocycles. The Morgan fingerprint density at radius 3 is 2.42 bits per heavy atom. The Bertz CT molecular complexity index is 1690. The second-order valence-electron chi connectivity index (χ2n) is 8.28. The Morgan fingerprint density at radius 1 is 0.921 bits per heavy atom. The molecule has 2 aromatic heterocycles. The number of para-hydroxylation sites is 1. The van der Waals surface area contributed by atoms with Crippen molar-refractivity contribution in [3.05, 3.63) is 89.6 Å². The normalized spacial score (nSPS) is 11.1. The van der Waals surface area contributed by atoms with E-state index in [0.29, 0.717) is 22.8 Å². The monoisotopic (exact) mass is 509 g/mol. The lowest BCUT2D eigenvalue weighted by Gasteiger charge is -2.11. The lowest BCUT2D eigenvalue weighted by Crippen LogP contribution is -2.19. The fourth-order valence-corrected chi connectivity index (χ4v) is 4.16. The van der Waals surface area contributed by atoms with Crippen molar-refractivity contribution in [2.45, 2.75) is 0 Å². The van der Waals surface area contributed by atoms with E-state index in [2.05, 4.69) is 20.5 Å². The van der Waals surface area contributed by atoms with Gasteiger partial charge in [0.05, 0.1) is 31.6 Å². The van der Waals surface area contributed by atoms with Crippen LogP contribution < -0.4 is 20.4 Å². The van der Waals surface area contributed by atoms with Crippen molar-refractivity contribution in [3.63, 3.8) is 0 Å². The van der Waals surface area contributed by atoms with Gasteiger partial charge in [0.2, 0.25) is 0 Å². The first-order chi connectivity index (χ1) is 18.5. The van der Waals surface area contributed by atoms with Crippen LogP contribution in [0, 0.1) is 0 Å². The average molecular weight is 510 g/mol. The highest BCUT2D eigenvalue weighted by molar-refractivity contribution is 6.13. The molecular formula is C28H23N5O5. The van der Waals surface area contributed by atoms with Crippen molar-refractivity contribution >= 4 is 39.8 Å². The zero-order valence-corrected chi connectivity index (χ0v) is 20.5. The Labute approximate surface area is 216 Å². The molecule has 5 aromatic rings. The molecule has 0 radical (unpaired) electrons. The van der Waals surface area contributed by atoms with Gasteiger partial charge in [-0.3, -0.25) is 14.8 Å². The quantitative estimate of drug-likeness (QED) is 0.147. The summed E-state index contributed by atoms with van der Waals surface area (Å²) in [7, 11) is 3.13. The highest BCUT2D eigenvalue weighted by Crippen LogP contribution is 2.36. The van der Waals surface area contributed by atoms with E-state index in [9.17, 15) is 9.59 Å². The fraction of sp³-hybridized carbons (Fsp3) is 0.0714. The highest BCUT2D eigenvalue weighted by Gasteiger charge is 2.18. The standard InChI is InChI=1S/C28H23N5O5/c1-37-23-12-11-18(13-24(23)38-2)25-26-20(19-5-3-4-6-21(19)30-26)14-22(31-25)28(35)32-29-15-16-7-9-17(10-8-16)27(34)33-36/h3-15,30,36H,1-2H3,(H,32,35)(H,33,34)/b29-15+. The number of methoxy groups -OCH3 is 2. The molecule has 0 spiro atoms. The summed E-state index contributed by atoms with van der Waals surface area (Å²) in [5.41, 5.74) is 8.21. The van der Waals surface area contributed by atoms with Gasteiger partial charge in [-0.15, -0.1) is 0 Å². The summed E-state index contributed by atoms with van der Waals surface area (Å²) in [5.74, 6) is 0.00709. The van der Waals surface area contributed by atoms with Gasteiger partial charge in [-0.05, 0) is 48.0 Å². The molecule has 0 aliphatic rings. The number of pyridine rings is 1. The van der Waals surface area contributed by atoms with E-state index in [4.69, 9.17) is 14.7 Å². The predicted molar refractivity (Wildman–Crippen MR) is 143 cm³/mol. The first-order valence-corrected chi connectivity index (χ1v) is 11.5. The number of rotatable bonds is 7. The van der Waals surface area contributed by atoms with E-state index >= 15 is 0 Å². The summed E-state index contributed by atoms with van der Waals surface area (Å²) in [6, 6.07) is 21.3. The number of fused-ring (bicyclic) bond motifs is 3. The number of carbonyl (C=O) groups is 2.